The van der Waals surface area contributed by atoms with Gasteiger partial charge in [0.25, 0.3) is 0 Å². The van der Waals surface area contributed by atoms with Crippen LogP contribution < -0.4 is 9.47 Å². The van der Waals surface area contributed by atoms with Crippen molar-refractivity contribution in [2.75, 3.05) is 6.61 Å². The van der Waals surface area contributed by atoms with Crippen LogP contribution >= 0.6 is 0 Å². The normalized spacial score (nSPS) is 11.5. The molecule has 6 nitrogen and oxygen atoms in total. The van der Waals surface area contributed by atoms with Gasteiger partial charge in [-0.3, -0.25) is 4.79 Å². The number of ketones is 1. The molecule has 0 fully saturated rings. The summed E-state index contributed by atoms with van der Waals surface area (Å²) in [7, 11) is 0. The Hall–Kier alpha value is -3.15. The Morgan fingerprint density at radius 2 is 1.26 bits per heavy atom. The number of rotatable bonds is 15. The molecule has 6 heteroatoms. The summed E-state index contributed by atoms with van der Waals surface area (Å²) in [5.74, 6) is -0.147. The van der Waals surface area contributed by atoms with Crippen molar-refractivity contribution in [1.29, 1.82) is 0 Å². The molecule has 2 aromatic rings. The molecule has 34 heavy (non-hydrogen) atoms. The van der Waals surface area contributed by atoms with Gasteiger partial charge in [-0.25, -0.2) is 9.59 Å². The van der Waals surface area contributed by atoms with E-state index in [0.29, 0.717) is 30.1 Å². The van der Waals surface area contributed by atoms with Gasteiger partial charge in [0.1, 0.15) is 11.5 Å². The molecule has 0 aliphatic rings. The van der Waals surface area contributed by atoms with Crippen molar-refractivity contribution in [3.05, 3.63) is 59.7 Å². The predicted molar refractivity (Wildman–Crippen MR) is 132 cm³/mol. The summed E-state index contributed by atoms with van der Waals surface area (Å²) in [4.78, 5) is 36.8. The SMILES string of the molecule is CCCCCCOc1ccc(C(=O)Oc2ccc(C(=O)OC(C)C(=O)CCCCC)cc2)cc1. The largest absolute Gasteiger partial charge is 0.494 e. The second kappa shape index (κ2) is 14.9. The van der Waals surface area contributed by atoms with E-state index in [9.17, 15) is 14.4 Å². The molecular formula is C28H36O6. The fraction of sp³-hybridized carbons (Fsp3) is 0.464. The van der Waals surface area contributed by atoms with Crippen molar-refractivity contribution in [2.24, 2.45) is 0 Å². The minimum atomic E-state index is -0.787. The fourth-order valence-corrected chi connectivity index (χ4v) is 3.28. The Labute approximate surface area is 202 Å². The fourth-order valence-electron chi connectivity index (χ4n) is 3.28. The van der Waals surface area contributed by atoms with Crippen LogP contribution in [-0.4, -0.2) is 30.4 Å². The monoisotopic (exact) mass is 468 g/mol. The van der Waals surface area contributed by atoms with E-state index in [-0.39, 0.29) is 11.3 Å². The molecule has 0 aliphatic carbocycles. The minimum absolute atomic E-state index is 0.0831. The predicted octanol–water partition coefficient (Wildman–Crippen LogP) is 6.56. The first-order valence-electron chi connectivity index (χ1n) is 12.2. The number of hydrogen-bond acceptors (Lipinski definition) is 6. The van der Waals surface area contributed by atoms with Crippen molar-refractivity contribution in [3.8, 4) is 11.5 Å². The molecule has 184 valence electrons. The Bertz CT molecular complexity index is 901. The first kappa shape index (κ1) is 27.1. The van der Waals surface area contributed by atoms with Crippen LogP contribution in [0.3, 0.4) is 0 Å². The summed E-state index contributed by atoms with van der Waals surface area (Å²) in [6.45, 7) is 6.48. The van der Waals surface area contributed by atoms with Gasteiger partial charge < -0.3 is 14.2 Å². The van der Waals surface area contributed by atoms with Gasteiger partial charge >= 0.3 is 11.9 Å². The average Bonchev–Trinajstić information content (AvgIpc) is 2.84. The summed E-state index contributed by atoms with van der Waals surface area (Å²) < 4.78 is 16.3. The zero-order valence-corrected chi connectivity index (χ0v) is 20.5. The minimum Gasteiger partial charge on any atom is -0.494 e. The van der Waals surface area contributed by atoms with Gasteiger partial charge in [0.05, 0.1) is 17.7 Å². The molecule has 0 spiro atoms. The maximum absolute atomic E-state index is 12.4. The van der Waals surface area contributed by atoms with Crippen LogP contribution in [-0.2, 0) is 9.53 Å². The second-order valence-corrected chi connectivity index (χ2v) is 8.32. The van der Waals surface area contributed by atoms with Crippen LogP contribution in [0.15, 0.2) is 48.5 Å². The first-order valence-corrected chi connectivity index (χ1v) is 12.2. The van der Waals surface area contributed by atoms with Gasteiger partial charge in [0, 0.05) is 6.42 Å². The summed E-state index contributed by atoms with van der Waals surface area (Å²) in [5.41, 5.74) is 0.686. The molecular weight excluding hydrogens is 432 g/mol. The Balaban J connectivity index is 1.82. The van der Waals surface area contributed by atoms with Crippen LogP contribution in [0.25, 0.3) is 0 Å². The van der Waals surface area contributed by atoms with E-state index < -0.39 is 18.0 Å². The number of esters is 2. The number of unbranched alkanes of at least 4 members (excludes halogenated alkanes) is 5. The van der Waals surface area contributed by atoms with Crippen molar-refractivity contribution in [1.82, 2.24) is 0 Å². The number of Topliss-reactive ketones (excluding diaryl/α,β-unsaturated/α-hetero) is 1. The third-order valence-corrected chi connectivity index (χ3v) is 5.42. The van der Waals surface area contributed by atoms with Crippen LogP contribution in [0.4, 0.5) is 0 Å². The van der Waals surface area contributed by atoms with Gasteiger partial charge in [0.15, 0.2) is 11.9 Å². The lowest BCUT2D eigenvalue weighted by atomic mass is 10.1. The Kier molecular flexibility index (Phi) is 11.9. The lowest BCUT2D eigenvalue weighted by Crippen LogP contribution is -2.24. The standard InChI is InChI=1S/C28H36O6/c1-4-6-8-10-20-32-24-16-12-23(13-17-24)28(31)34-25-18-14-22(15-19-25)27(30)33-21(3)26(29)11-9-7-5-2/h12-19,21H,4-11,20H2,1-3H3. The van der Waals surface area contributed by atoms with E-state index in [2.05, 4.69) is 13.8 Å². The molecule has 0 bridgehead atoms. The van der Waals surface area contributed by atoms with Crippen LogP contribution in [0.2, 0.25) is 0 Å². The van der Waals surface area contributed by atoms with E-state index in [1.807, 2.05) is 0 Å². The Morgan fingerprint density at radius 1 is 0.706 bits per heavy atom. The van der Waals surface area contributed by atoms with Gasteiger partial charge in [0.2, 0.25) is 0 Å². The molecule has 0 aromatic heterocycles. The van der Waals surface area contributed by atoms with E-state index in [1.165, 1.54) is 37.1 Å². The smallest absolute Gasteiger partial charge is 0.343 e. The summed E-state index contributed by atoms with van der Waals surface area (Å²) in [6, 6.07) is 12.9. The molecule has 0 aliphatic heterocycles. The molecule has 0 N–H and O–H groups in total. The maximum atomic E-state index is 12.4. The van der Waals surface area contributed by atoms with Gasteiger partial charge in [-0.15, -0.1) is 0 Å². The molecule has 1 atom stereocenters. The van der Waals surface area contributed by atoms with Gasteiger partial charge in [-0.05, 0) is 68.3 Å². The third kappa shape index (κ3) is 9.38. The molecule has 0 saturated heterocycles. The number of benzene rings is 2. The highest BCUT2D eigenvalue weighted by atomic mass is 16.5. The van der Waals surface area contributed by atoms with Gasteiger partial charge in [-0.2, -0.15) is 0 Å². The lowest BCUT2D eigenvalue weighted by molar-refractivity contribution is -0.127. The molecule has 0 saturated carbocycles. The molecule has 0 heterocycles. The zero-order valence-electron chi connectivity index (χ0n) is 20.5. The molecule has 0 radical (unpaired) electrons. The highest BCUT2D eigenvalue weighted by Gasteiger charge is 2.18. The van der Waals surface area contributed by atoms with Crippen LogP contribution in [0, 0.1) is 0 Å². The van der Waals surface area contributed by atoms with E-state index in [1.54, 1.807) is 31.2 Å². The second-order valence-electron chi connectivity index (χ2n) is 8.32. The van der Waals surface area contributed by atoms with Crippen molar-refractivity contribution < 1.29 is 28.6 Å². The maximum Gasteiger partial charge on any atom is 0.343 e. The third-order valence-electron chi connectivity index (χ3n) is 5.42. The summed E-state index contributed by atoms with van der Waals surface area (Å²) in [5, 5.41) is 0. The van der Waals surface area contributed by atoms with E-state index >= 15 is 0 Å². The lowest BCUT2D eigenvalue weighted by Gasteiger charge is -2.12. The number of ether oxygens (including phenoxy) is 3. The molecule has 2 aromatic carbocycles. The Morgan fingerprint density at radius 3 is 1.88 bits per heavy atom. The van der Waals surface area contributed by atoms with E-state index in [0.717, 1.165) is 32.1 Å². The summed E-state index contributed by atoms with van der Waals surface area (Å²) >= 11 is 0. The summed E-state index contributed by atoms with van der Waals surface area (Å²) in [6.07, 6.45) is 6.96. The highest BCUT2D eigenvalue weighted by molar-refractivity contribution is 5.93. The number of carbonyl (C=O) groups is 3. The first-order chi connectivity index (χ1) is 16.4. The van der Waals surface area contributed by atoms with Crippen molar-refractivity contribution >= 4 is 17.7 Å². The topological polar surface area (TPSA) is 78.9 Å². The van der Waals surface area contributed by atoms with Crippen molar-refractivity contribution in [3.63, 3.8) is 0 Å². The van der Waals surface area contributed by atoms with Gasteiger partial charge in [-0.1, -0.05) is 46.0 Å². The number of carbonyl (C=O) groups excluding carboxylic acids is 3. The molecule has 0 amide bonds. The average molecular weight is 469 g/mol. The number of hydrogen-bond donors (Lipinski definition) is 0. The zero-order chi connectivity index (χ0) is 24.8. The highest BCUT2D eigenvalue weighted by Crippen LogP contribution is 2.18. The van der Waals surface area contributed by atoms with Crippen LogP contribution in [0.1, 0.15) is 92.9 Å². The van der Waals surface area contributed by atoms with Crippen molar-refractivity contribution in [2.45, 2.75) is 78.2 Å². The molecule has 1 unspecified atom stereocenters. The van der Waals surface area contributed by atoms with E-state index in [4.69, 9.17) is 14.2 Å². The molecule has 2 rings (SSSR count). The van der Waals surface area contributed by atoms with Crippen LogP contribution in [0.5, 0.6) is 11.5 Å². The quantitative estimate of drug-likeness (QED) is 0.167.